The number of aromatic nitrogens is 1. The highest BCUT2D eigenvalue weighted by Gasteiger charge is 2.28. The van der Waals surface area contributed by atoms with Crippen molar-refractivity contribution in [3.63, 3.8) is 0 Å². The summed E-state index contributed by atoms with van der Waals surface area (Å²) >= 11 is 0. The van der Waals surface area contributed by atoms with Gasteiger partial charge in [0.25, 0.3) is 0 Å². The highest BCUT2D eigenvalue weighted by Crippen LogP contribution is 2.18. The van der Waals surface area contributed by atoms with Crippen LogP contribution in [0.3, 0.4) is 0 Å². The van der Waals surface area contributed by atoms with Gasteiger partial charge in [0, 0.05) is 24.8 Å². The second-order valence-corrected chi connectivity index (χ2v) is 5.21. The van der Waals surface area contributed by atoms with Gasteiger partial charge in [-0.1, -0.05) is 12.8 Å². The van der Waals surface area contributed by atoms with Crippen LogP contribution in [0.25, 0.3) is 0 Å². The van der Waals surface area contributed by atoms with E-state index in [1.165, 1.54) is 12.3 Å². The van der Waals surface area contributed by atoms with Crippen molar-refractivity contribution in [1.82, 2.24) is 15.6 Å². The van der Waals surface area contributed by atoms with Crippen molar-refractivity contribution in [2.24, 2.45) is 0 Å². The number of hydrogen-bond donors (Lipinski definition) is 2. The SMILES string of the molecule is O=C(NCc1ccnc(OCC(F)(F)F)c1)NC1CCCC1. The number of ether oxygens (including phenoxy) is 1. The fraction of sp³-hybridized carbons (Fsp3) is 0.571. The van der Waals surface area contributed by atoms with Crippen LogP contribution in [0.5, 0.6) is 5.88 Å². The number of hydrogen-bond acceptors (Lipinski definition) is 3. The van der Waals surface area contributed by atoms with Crippen LogP contribution < -0.4 is 15.4 Å². The highest BCUT2D eigenvalue weighted by molar-refractivity contribution is 5.74. The number of halogens is 3. The largest absolute Gasteiger partial charge is 0.468 e. The Kier molecular flexibility index (Phi) is 5.46. The average molecular weight is 317 g/mol. The van der Waals surface area contributed by atoms with Crippen molar-refractivity contribution in [2.45, 2.75) is 44.4 Å². The van der Waals surface area contributed by atoms with Crippen LogP contribution in [0.15, 0.2) is 18.3 Å². The molecule has 1 aromatic rings. The summed E-state index contributed by atoms with van der Waals surface area (Å²) in [5, 5.41) is 5.53. The molecule has 2 amide bonds. The highest BCUT2D eigenvalue weighted by atomic mass is 19.4. The summed E-state index contributed by atoms with van der Waals surface area (Å²) in [7, 11) is 0. The summed E-state index contributed by atoms with van der Waals surface area (Å²) in [5.74, 6) is -0.118. The summed E-state index contributed by atoms with van der Waals surface area (Å²) < 4.78 is 40.8. The van der Waals surface area contributed by atoms with Crippen LogP contribution >= 0.6 is 0 Å². The van der Waals surface area contributed by atoms with Crippen molar-refractivity contribution in [1.29, 1.82) is 0 Å². The topological polar surface area (TPSA) is 63.2 Å². The molecule has 1 heterocycles. The molecular weight excluding hydrogens is 299 g/mol. The Labute approximate surface area is 126 Å². The standard InChI is InChI=1S/C14H18F3N3O2/c15-14(16,17)9-22-12-7-10(5-6-18-12)8-19-13(21)20-11-3-1-2-4-11/h5-7,11H,1-4,8-9H2,(H2,19,20,21). The Bertz CT molecular complexity index is 502. The van der Waals surface area contributed by atoms with Crippen LogP contribution in [0, 0.1) is 0 Å². The normalized spacial score (nSPS) is 15.6. The summed E-state index contributed by atoms with van der Waals surface area (Å²) in [6.45, 7) is -1.19. The van der Waals surface area contributed by atoms with E-state index in [-0.39, 0.29) is 24.5 Å². The smallest absolute Gasteiger partial charge is 0.422 e. The molecule has 1 saturated carbocycles. The van der Waals surface area contributed by atoms with Crippen molar-refractivity contribution in [3.8, 4) is 5.88 Å². The molecule has 8 heteroatoms. The van der Waals surface area contributed by atoms with E-state index in [1.54, 1.807) is 6.07 Å². The number of urea groups is 1. The maximum absolute atomic E-state index is 12.1. The molecule has 5 nitrogen and oxygen atoms in total. The van der Waals surface area contributed by atoms with Crippen LogP contribution in [-0.4, -0.2) is 29.8 Å². The molecule has 0 spiro atoms. The molecule has 1 fully saturated rings. The number of carbonyl (C=O) groups is 1. The number of nitrogens with zero attached hydrogens (tertiary/aromatic N) is 1. The minimum Gasteiger partial charge on any atom is -0.468 e. The van der Waals surface area contributed by atoms with Gasteiger partial charge < -0.3 is 15.4 Å². The predicted molar refractivity (Wildman–Crippen MR) is 73.4 cm³/mol. The number of alkyl halides is 3. The van der Waals surface area contributed by atoms with Crippen molar-refractivity contribution < 1.29 is 22.7 Å². The Balaban J connectivity index is 1.78. The van der Waals surface area contributed by atoms with E-state index in [0.717, 1.165) is 25.7 Å². The van der Waals surface area contributed by atoms with Gasteiger partial charge in [-0.2, -0.15) is 13.2 Å². The van der Waals surface area contributed by atoms with E-state index < -0.39 is 12.8 Å². The first-order valence-corrected chi connectivity index (χ1v) is 7.11. The third kappa shape index (κ3) is 5.79. The number of nitrogens with one attached hydrogen (secondary N) is 2. The Morgan fingerprint density at radius 1 is 1.36 bits per heavy atom. The lowest BCUT2D eigenvalue weighted by Crippen LogP contribution is -2.40. The van der Waals surface area contributed by atoms with Crippen molar-refractivity contribution in [3.05, 3.63) is 23.9 Å². The van der Waals surface area contributed by atoms with Crippen molar-refractivity contribution in [2.75, 3.05) is 6.61 Å². The van der Waals surface area contributed by atoms with Gasteiger partial charge in [-0.05, 0) is 24.5 Å². The van der Waals surface area contributed by atoms with Gasteiger partial charge in [-0.3, -0.25) is 0 Å². The lowest BCUT2D eigenvalue weighted by atomic mass is 10.2. The summed E-state index contributed by atoms with van der Waals surface area (Å²) in [6, 6.07) is 2.92. The number of carbonyl (C=O) groups excluding carboxylic acids is 1. The molecule has 0 aliphatic heterocycles. The molecule has 0 unspecified atom stereocenters. The zero-order chi connectivity index (χ0) is 16.0. The fourth-order valence-corrected chi connectivity index (χ4v) is 2.28. The zero-order valence-electron chi connectivity index (χ0n) is 11.9. The molecule has 1 aliphatic carbocycles. The zero-order valence-corrected chi connectivity index (χ0v) is 11.9. The van der Waals surface area contributed by atoms with Crippen LogP contribution in [0.2, 0.25) is 0 Å². The first-order valence-electron chi connectivity index (χ1n) is 7.11. The van der Waals surface area contributed by atoms with Gasteiger partial charge in [-0.25, -0.2) is 9.78 Å². The molecule has 1 aromatic heterocycles. The molecule has 2 rings (SSSR count). The van der Waals surface area contributed by atoms with Crippen molar-refractivity contribution >= 4 is 6.03 Å². The van der Waals surface area contributed by atoms with E-state index in [1.807, 2.05) is 0 Å². The Morgan fingerprint density at radius 3 is 2.77 bits per heavy atom. The minimum atomic E-state index is -4.41. The third-order valence-corrected chi connectivity index (χ3v) is 3.33. The molecule has 122 valence electrons. The molecule has 0 radical (unpaired) electrons. The van der Waals surface area contributed by atoms with Gasteiger partial charge in [0.2, 0.25) is 5.88 Å². The van der Waals surface area contributed by atoms with Crippen LogP contribution in [0.4, 0.5) is 18.0 Å². The first kappa shape index (κ1) is 16.4. The van der Waals surface area contributed by atoms with Gasteiger partial charge in [-0.15, -0.1) is 0 Å². The summed E-state index contributed by atoms with van der Waals surface area (Å²) in [5.41, 5.74) is 0.619. The lowest BCUT2D eigenvalue weighted by Gasteiger charge is -2.13. The number of amides is 2. The third-order valence-electron chi connectivity index (χ3n) is 3.33. The van der Waals surface area contributed by atoms with E-state index in [2.05, 4.69) is 20.4 Å². The van der Waals surface area contributed by atoms with Gasteiger partial charge >= 0.3 is 12.2 Å². The van der Waals surface area contributed by atoms with Crippen LogP contribution in [0.1, 0.15) is 31.2 Å². The van der Waals surface area contributed by atoms with Crippen LogP contribution in [-0.2, 0) is 6.54 Å². The van der Waals surface area contributed by atoms with Gasteiger partial charge in [0.15, 0.2) is 6.61 Å². The molecule has 0 saturated heterocycles. The van der Waals surface area contributed by atoms with E-state index in [0.29, 0.717) is 5.56 Å². The summed E-state index contributed by atoms with van der Waals surface area (Å²) in [4.78, 5) is 15.4. The second-order valence-electron chi connectivity index (χ2n) is 5.21. The molecule has 2 N–H and O–H groups in total. The molecule has 0 atom stereocenters. The van der Waals surface area contributed by atoms with E-state index in [4.69, 9.17) is 0 Å². The van der Waals surface area contributed by atoms with Gasteiger partial charge in [0.1, 0.15) is 0 Å². The minimum absolute atomic E-state index is 0.118. The van der Waals surface area contributed by atoms with Gasteiger partial charge in [0.05, 0.1) is 0 Å². The Hall–Kier alpha value is -1.99. The summed E-state index contributed by atoms with van der Waals surface area (Å²) in [6.07, 6.45) is 1.15. The molecule has 1 aliphatic rings. The number of pyridine rings is 1. The predicted octanol–water partition coefficient (Wildman–Crippen LogP) is 2.76. The average Bonchev–Trinajstić information content (AvgIpc) is 2.96. The number of rotatable bonds is 5. The second kappa shape index (κ2) is 7.33. The van der Waals surface area contributed by atoms with E-state index in [9.17, 15) is 18.0 Å². The monoisotopic (exact) mass is 317 g/mol. The quantitative estimate of drug-likeness (QED) is 0.878. The molecular formula is C14H18F3N3O2. The lowest BCUT2D eigenvalue weighted by molar-refractivity contribution is -0.154. The Morgan fingerprint density at radius 2 is 2.09 bits per heavy atom. The molecule has 0 bridgehead atoms. The maximum Gasteiger partial charge on any atom is 0.422 e. The van der Waals surface area contributed by atoms with E-state index >= 15 is 0 Å². The maximum atomic E-state index is 12.1. The molecule has 0 aromatic carbocycles. The fourth-order valence-electron chi connectivity index (χ4n) is 2.28. The first-order chi connectivity index (χ1) is 10.4. The molecule has 22 heavy (non-hydrogen) atoms.